The maximum Gasteiger partial charge on any atom is 0.201 e. The lowest BCUT2D eigenvalue weighted by Gasteiger charge is -2.28. The molecule has 0 radical (unpaired) electrons. The largest absolute Gasteiger partial charge is 0.477 e. The Balaban J connectivity index is 2.31. The molecule has 0 aromatic rings. The van der Waals surface area contributed by atoms with Crippen molar-refractivity contribution in [3.8, 4) is 0 Å². The van der Waals surface area contributed by atoms with Crippen LogP contribution in [0, 0.1) is 5.41 Å². The van der Waals surface area contributed by atoms with Gasteiger partial charge in [-0.15, -0.1) is 0 Å². The van der Waals surface area contributed by atoms with Crippen LogP contribution in [0.5, 0.6) is 0 Å². The number of ketones is 2. The molecule has 82 valence electrons. The molecule has 1 N–H and O–H groups in total. The van der Waals surface area contributed by atoms with Crippen LogP contribution in [0.15, 0.2) is 11.5 Å². The average Bonchev–Trinajstić information content (AvgIpc) is 2.52. The van der Waals surface area contributed by atoms with E-state index in [9.17, 15) is 9.59 Å². The molecule has 1 saturated carbocycles. The van der Waals surface area contributed by atoms with Gasteiger partial charge in [-0.05, 0) is 5.41 Å². The van der Waals surface area contributed by atoms with Gasteiger partial charge in [0.05, 0.1) is 6.54 Å². The molecule has 0 bridgehead atoms. The standard InChI is InChI=1S/C11H15NO3/c1-11(2)5-7(13)9(8(14)6-11)10-12-3-4-15-10/h12H,3-6H2,1-2H3. The van der Waals surface area contributed by atoms with Crippen molar-refractivity contribution < 1.29 is 14.3 Å². The third kappa shape index (κ3) is 1.89. The topological polar surface area (TPSA) is 55.4 Å². The number of carbonyl (C=O) groups excluding carboxylic acids is 2. The summed E-state index contributed by atoms with van der Waals surface area (Å²) in [7, 11) is 0. The Kier molecular flexibility index (Phi) is 2.29. The molecule has 1 heterocycles. The molecule has 0 unspecified atom stereocenters. The van der Waals surface area contributed by atoms with E-state index in [0.29, 0.717) is 31.9 Å². The number of carbonyl (C=O) groups is 2. The predicted octanol–water partition coefficient (Wildman–Crippen LogP) is 0.776. The first-order valence-corrected chi connectivity index (χ1v) is 5.17. The fourth-order valence-electron chi connectivity index (χ4n) is 2.05. The Labute approximate surface area is 88.7 Å². The lowest BCUT2D eigenvalue weighted by atomic mass is 9.74. The summed E-state index contributed by atoms with van der Waals surface area (Å²) in [5.74, 6) is 0.196. The fourth-order valence-corrected chi connectivity index (χ4v) is 2.05. The third-order valence-corrected chi connectivity index (χ3v) is 2.70. The molecule has 0 aromatic carbocycles. The maximum atomic E-state index is 11.8. The highest BCUT2D eigenvalue weighted by Gasteiger charge is 2.38. The molecule has 0 spiro atoms. The summed E-state index contributed by atoms with van der Waals surface area (Å²) >= 11 is 0. The van der Waals surface area contributed by atoms with Gasteiger partial charge in [0, 0.05) is 12.8 Å². The van der Waals surface area contributed by atoms with Gasteiger partial charge in [0.25, 0.3) is 0 Å². The smallest absolute Gasteiger partial charge is 0.201 e. The number of rotatable bonds is 0. The summed E-state index contributed by atoms with van der Waals surface area (Å²) < 4.78 is 5.23. The van der Waals surface area contributed by atoms with Crippen LogP contribution < -0.4 is 5.32 Å². The van der Waals surface area contributed by atoms with Crippen LogP contribution in [-0.2, 0) is 14.3 Å². The highest BCUT2D eigenvalue weighted by Crippen LogP contribution is 2.34. The Hall–Kier alpha value is -1.32. The molecule has 1 aliphatic carbocycles. The average molecular weight is 209 g/mol. The zero-order valence-corrected chi connectivity index (χ0v) is 9.05. The Bertz CT molecular complexity index is 325. The lowest BCUT2D eigenvalue weighted by Crippen LogP contribution is -2.33. The summed E-state index contributed by atoms with van der Waals surface area (Å²) in [6.45, 7) is 5.08. The Morgan fingerprint density at radius 3 is 2.27 bits per heavy atom. The van der Waals surface area contributed by atoms with Gasteiger partial charge in [-0.3, -0.25) is 9.59 Å². The van der Waals surface area contributed by atoms with Crippen LogP contribution in [0.3, 0.4) is 0 Å². The molecule has 4 heteroatoms. The molecule has 2 aliphatic rings. The first-order valence-electron chi connectivity index (χ1n) is 5.17. The molecule has 1 saturated heterocycles. The quantitative estimate of drug-likeness (QED) is 0.473. The van der Waals surface area contributed by atoms with Crippen molar-refractivity contribution in [2.24, 2.45) is 5.41 Å². The maximum absolute atomic E-state index is 11.8. The van der Waals surface area contributed by atoms with Crippen LogP contribution in [0.2, 0.25) is 0 Å². The van der Waals surface area contributed by atoms with Gasteiger partial charge in [0.2, 0.25) is 5.88 Å². The second kappa shape index (κ2) is 3.36. The van der Waals surface area contributed by atoms with Crippen LogP contribution in [0.4, 0.5) is 0 Å². The van der Waals surface area contributed by atoms with Crippen LogP contribution >= 0.6 is 0 Å². The zero-order chi connectivity index (χ0) is 11.1. The summed E-state index contributed by atoms with van der Waals surface area (Å²) in [5.41, 5.74) is 0.0310. The number of Topliss-reactive ketones (excluding diaryl/α,β-unsaturated/α-hetero) is 2. The summed E-state index contributed by atoms with van der Waals surface area (Å²) in [6, 6.07) is 0. The summed E-state index contributed by atoms with van der Waals surface area (Å²) in [5, 5.41) is 2.93. The van der Waals surface area contributed by atoms with Gasteiger partial charge in [0.1, 0.15) is 12.2 Å². The summed E-state index contributed by atoms with van der Waals surface area (Å²) in [4.78, 5) is 23.6. The number of ether oxygens (including phenoxy) is 1. The minimum Gasteiger partial charge on any atom is -0.477 e. The monoisotopic (exact) mass is 209 g/mol. The van der Waals surface area contributed by atoms with E-state index in [0.717, 1.165) is 0 Å². The number of hydrogen-bond donors (Lipinski definition) is 1. The van der Waals surface area contributed by atoms with E-state index in [4.69, 9.17) is 4.74 Å². The van der Waals surface area contributed by atoms with Crippen molar-refractivity contribution in [3.63, 3.8) is 0 Å². The minimum atomic E-state index is -0.211. The molecule has 0 aromatic heterocycles. The molecular formula is C11H15NO3. The molecule has 4 nitrogen and oxygen atoms in total. The van der Waals surface area contributed by atoms with Gasteiger partial charge < -0.3 is 10.1 Å². The summed E-state index contributed by atoms with van der Waals surface area (Å²) in [6.07, 6.45) is 0.839. The number of allylic oxidation sites excluding steroid dienone is 1. The van der Waals surface area contributed by atoms with E-state index in [1.165, 1.54) is 0 Å². The molecular weight excluding hydrogens is 194 g/mol. The third-order valence-electron chi connectivity index (χ3n) is 2.70. The van der Waals surface area contributed by atoms with E-state index in [1.54, 1.807) is 0 Å². The van der Waals surface area contributed by atoms with Gasteiger partial charge in [0.15, 0.2) is 11.6 Å². The molecule has 2 rings (SSSR count). The first-order chi connectivity index (χ1) is 6.99. The van der Waals surface area contributed by atoms with Crippen LogP contribution in [0.1, 0.15) is 26.7 Å². The molecule has 2 fully saturated rings. The van der Waals surface area contributed by atoms with Crippen molar-refractivity contribution in [1.29, 1.82) is 0 Å². The predicted molar refractivity (Wildman–Crippen MR) is 54.0 cm³/mol. The van der Waals surface area contributed by atoms with E-state index < -0.39 is 0 Å². The SMILES string of the molecule is CC1(C)CC(=O)C(=C2NCCO2)C(=O)C1. The Morgan fingerprint density at radius 2 is 1.80 bits per heavy atom. The number of nitrogens with one attached hydrogen (secondary N) is 1. The number of hydrogen-bond acceptors (Lipinski definition) is 4. The Morgan fingerprint density at radius 1 is 1.20 bits per heavy atom. The first kappa shape index (κ1) is 10.2. The molecule has 15 heavy (non-hydrogen) atoms. The van der Waals surface area contributed by atoms with Crippen molar-refractivity contribution in [1.82, 2.24) is 5.32 Å². The highest BCUT2D eigenvalue weighted by atomic mass is 16.5. The zero-order valence-electron chi connectivity index (χ0n) is 9.05. The van der Waals surface area contributed by atoms with Crippen molar-refractivity contribution >= 4 is 11.6 Å². The second-order valence-electron chi connectivity index (χ2n) is 4.84. The lowest BCUT2D eigenvalue weighted by molar-refractivity contribution is -0.127. The van der Waals surface area contributed by atoms with Crippen molar-refractivity contribution in [2.75, 3.05) is 13.2 Å². The normalized spacial score (nSPS) is 25.2. The van der Waals surface area contributed by atoms with E-state index in [2.05, 4.69) is 5.32 Å². The highest BCUT2D eigenvalue weighted by molar-refractivity contribution is 6.22. The molecule has 0 atom stereocenters. The van der Waals surface area contributed by atoms with Crippen LogP contribution in [0.25, 0.3) is 0 Å². The van der Waals surface area contributed by atoms with Crippen molar-refractivity contribution in [3.05, 3.63) is 11.5 Å². The van der Waals surface area contributed by atoms with Gasteiger partial charge >= 0.3 is 0 Å². The van der Waals surface area contributed by atoms with E-state index in [-0.39, 0.29) is 22.6 Å². The molecule has 0 amide bonds. The van der Waals surface area contributed by atoms with Gasteiger partial charge in [-0.1, -0.05) is 13.8 Å². The minimum absolute atomic E-state index is 0.0966. The second-order valence-corrected chi connectivity index (χ2v) is 4.84. The van der Waals surface area contributed by atoms with Crippen molar-refractivity contribution in [2.45, 2.75) is 26.7 Å². The van der Waals surface area contributed by atoms with E-state index in [1.807, 2.05) is 13.8 Å². The van der Waals surface area contributed by atoms with Crippen LogP contribution in [-0.4, -0.2) is 24.7 Å². The van der Waals surface area contributed by atoms with Gasteiger partial charge in [-0.2, -0.15) is 0 Å². The van der Waals surface area contributed by atoms with E-state index >= 15 is 0 Å². The fraction of sp³-hybridized carbons (Fsp3) is 0.636. The molecule has 1 aliphatic heterocycles. The van der Waals surface area contributed by atoms with Gasteiger partial charge in [-0.25, -0.2) is 0 Å².